The molecular weight excluding hydrogens is 261 g/mol. The molecule has 1 aromatic carbocycles. The molecule has 1 fully saturated rings. The van der Waals surface area contributed by atoms with Gasteiger partial charge in [0.1, 0.15) is 5.82 Å². The molecule has 106 valence electrons. The van der Waals surface area contributed by atoms with Gasteiger partial charge < -0.3 is 14.6 Å². The third-order valence-corrected chi connectivity index (χ3v) is 3.58. The van der Waals surface area contributed by atoms with E-state index >= 15 is 0 Å². The standard InChI is InChI=1S/C14H16FN3O2/c1-8-5-9(3-4-11(8)15)13-17-14(20-18-13)12-6-10(19-2)7-16-12/h3-5,10,12,16H,6-7H2,1-2H3. The molecule has 0 aliphatic carbocycles. The lowest BCUT2D eigenvalue weighted by atomic mass is 10.1. The van der Waals surface area contributed by atoms with Crippen molar-refractivity contribution >= 4 is 0 Å². The highest BCUT2D eigenvalue weighted by molar-refractivity contribution is 5.55. The molecule has 1 N–H and O–H groups in total. The lowest BCUT2D eigenvalue weighted by Crippen LogP contribution is -2.16. The molecular formula is C14H16FN3O2. The highest BCUT2D eigenvalue weighted by atomic mass is 19.1. The molecule has 0 radical (unpaired) electrons. The van der Waals surface area contributed by atoms with Crippen LogP contribution in [0.25, 0.3) is 11.4 Å². The van der Waals surface area contributed by atoms with E-state index in [4.69, 9.17) is 9.26 Å². The van der Waals surface area contributed by atoms with Crippen molar-refractivity contribution in [2.45, 2.75) is 25.5 Å². The Morgan fingerprint density at radius 2 is 2.30 bits per heavy atom. The molecule has 2 aromatic rings. The maximum absolute atomic E-state index is 13.3. The van der Waals surface area contributed by atoms with Crippen LogP contribution in [0.2, 0.25) is 0 Å². The van der Waals surface area contributed by atoms with Crippen LogP contribution in [0.1, 0.15) is 23.9 Å². The second-order valence-corrected chi connectivity index (χ2v) is 4.97. The number of aromatic nitrogens is 2. The Kier molecular flexibility index (Phi) is 3.50. The first kappa shape index (κ1) is 13.2. The van der Waals surface area contributed by atoms with Gasteiger partial charge in [-0.3, -0.25) is 0 Å². The van der Waals surface area contributed by atoms with Crippen molar-refractivity contribution in [2.75, 3.05) is 13.7 Å². The molecule has 2 unspecified atom stereocenters. The Labute approximate surface area is 116 Å². The van der Waals surface area contributed by atoms with Crippen molar-refractivity contribution in [2.24, 2.45) is 0 Å². The van der Waals surface area contributed by atoms with Crippen molar-refractivity contribution in [3.05, 3.63) is 35.5 Å². The van der Waals surface area contributed by atoms with E-state index in [0.29, 0.717) is 17.3 Å². The summed E-state index contributed by atoms with van der Waals surface area (Å²) >= 11 is 0. The van der Waals surface area contributed by atoms with Crippen LogP contribution in [0.5, 0.6) is 0 Å². The minimum atomic E-state index is -0.238. The summed E-state index contributed by atoms with van der Waals surface area (Å²) in [6, 6.07) is 4.79. The third kappa shape index (κ3) is 2.44. The van der Waals surface area contributed by atoms with Crippen molar-refractivity contribution in [1.29, 1.82) is 0 Å². The fourth-order valence-electron chi connectivity index (χ4n) is 2.35. The highest BCUT2D eigenvalue weighted by Crippen LogP contribution is 2.26. The van der Waals surface area contributed by atoms with E-state index in [2.05, 4.69) is 15.5 Å². The number of benzene rings is 1. The van der Waals surface area contributed by atoms with E-state index in [9.17, 15) is 4.39 Å². The Bertz CT molecular complexity index is 614. The monoisotopic (exact) mass is 277 g/mol. The summed E-state index contributed by atoms with van der Waals surface area (Å²) in [7, 11) is 1.69. The summed E-state index contributed by atoms with van der Waals surface area (Å²) in [4.78, 5) is 4.38. The molecule has 6 heteroatoms. The minimum Gasteiger partial charge on any atom is -0.380 e. The maximum Gasteiger partial charge on any atom is 0.244 e. The molecule has 2 atom stereocenters. The number of hydrogen-bond donors (Lipinski definition) is 1. The number of rotatable bonds is 3. The van der Waals surface area contributed by atoms with Gasteiger partial charge >= 0.3 is 0 Å². The van der Waals surface area contributed by atoms with E-state index in [1.165, 1.54) is 6.07 Å². The highest BCUT2D eigenvalue weighted by Gasteiger charge is 2.29. The number of hydrogen-bond acceptors (Lipinski definition) is 5. The van der Waals surface area contributed by atoms with E-state index in [-0.39, 0.29) is 18.0 Å². The fraction of sp³-hybridized carbons (Fsp3) is 0.429. The van der Waals surface area contributed by atoms with Gasteiger partial charge in [0.05, 0.1) is 12.1 Å². The van der Waals surface area contributed by atoms with Gasteiger partial charge in [-0.25, -0.2) is 4.39 Å². The maximum atomic E-state index is 13.3. The lowest BCUT2D eigenvalue weighted by Gasteiger charge is -2.04. The van der Waals surface area contributed by atoms with Crippen molar-refractivity contribution < 1.29 is 13.7 Å². The predicted octanol–water partition coefficient (Wildman–Crippen LogP) is 2.23. The first-order chi connectivity index (χ1) is 9.67. The average Bonchev–Trinajstić information content (AvgIpc) is 3.09. The van der Waals surface area contributed by atoms with Gasteiger partial charge in [-0.2, -0.15) is 4.98 Å². The van der Waals surface area contributed by atoms with Crippen LogP contribution in [-0.2, 0) is 4.74 Å². The van der Waals surface area contributed by atoms with Crippen molar-refractivity contribution in [1.82, 2.24) is 15.5 Å². The number of nitrogens with one attached hydrogen (secondary N) is 1. The minimum absolute atomic E-state index is 0.0164. The molecule has 0 amide bonds. The number of aryl methyl sites for hydroxylation is 1. The van der Waals surface area contributed by atoms with E-state index in [1.54, 1.807) is 26.2 Å². The number of halogens is 1. The second-order valence-electron chi connectivity index (χ2n) is 4.97. The average molecular weight is 277 g/mol. The SMILES string of the molecule is COC1CNC(c2nc(-c3ccc(F)c(C)c3)no2)C1. The molecule has 1 saturated heterocycles. The zero-order valence-electron chi connectivity index (χ0n) is 11.4. The zero-order chi connectivity index (χ0) is 14.1. The molecule has 20 heavy (non-hydrogen) atoms. The second kappa shape index (κ2) is 5.30. The van der Waals surface area contributed by atoms with Gasteiger partial charge in [-0.05, 0) is 37.1 Å². The summed E-state index contributed by atoms with van der Waals surface area (Å²) in [5, 5.41) is 7.24. The quantitative estimate of drug-likeness (QED) is 0.932. The summed E-state index contributed by atoms with van der Waals surface area (Å²) in [6.07, 6.45) is 0.976. The number of methoxy groups -OCH3 is 1. The molecule has 3 rings (SSSR count). The first-order valence-electron chi connectivity index (χ1n) is 6.53. The van der Waals surface area contributed by atoms with E-state index < -0.39 is 0 Å². The topological polar surface area (TPSA) is 60.2 Å². The number of ether oxygens (including phenoxy) is 1. The van der Waals surface area contributed by atoms with E-state index in [0.717, 1.165) is 18.5 Å². The Morgan fingerprint density at radius 1 is 1.45 bits per heavy atom. The molecule has 1 aliphatic heterocycles. The zero-order valence-corrected chi connectivity index (χ0v) is 11.4. The van der Waals surface area contributed by atoms with Crippen LogP contribution in [-0.4, -0.2) is 29.9 Å². The van der Waals surface area contributed by atoms with Gasteiger partial charge in [-0.1, -0.05) is 5.16 Å². The summed E-state index contributed by atoms with van der Waals surface area (Å²) in [5.41, 5.74) is 1.31. The summed E-state index contributed by atoms with van der Waals surface area (Å²) in [6.45, 7) is 2.48. The van der Waals surface area contributed by atoms with Crippen LogP contribution in [0.4, 0.5) is 4.39 Å². The molecule has 1 aliphatic rings. The fourth-order valence-corrected chi connectivity index (χ4v) is 2.35. The van der Waals surface area contributed by atoms with Gasteiger partial charge in [-0.15, -0.1) is 0 Å². The van der Waals surface area contributed by atoms with Crippen molar-refractivity contribution in [3.8, 4) is 11.4 Å². The Morgan fingerprint density at radius 3 is 3.00 bits per heavy atom. The Balaban J connectivity index is 1.81. The Hall–Kier alpha value is -1.79. The summed E-state index contributed by atoms with van der Waals surface area (Å²) < 4.78 is 23.8. The van der Waals surface area contributed by atoms with Crippen LogP contribution < -0.4 is 5.32 Å². The van der Waals surface area contributed by atoms with Gasteiger partial charge in [0.25, 0.3) is 0 Å². The predicted molar refractivity (Wildman–Crippen MR) is 70.6 cm³/mol. The van der Waals surface area contributed by atoms with Gasteiger partial charge in [0.2, 0.25) is 11.7 Å². The lowest BCUT2D eigenvalue weighted by molar-refractivity contribution is 0.116. The van der Waals surface area contributed by atoms with E-state index in [1.807, 2.05) is 0 Å². The molecule has 0 spiro atoms. The number of nitrogens with zero attached hydrogens (tertiary/aromatic N) is 2. The summed E-state index contributed by atoms with van der Waals surface area (Å²) in [5.74, 6) is 0.783. The smallest absolute Gasteiger partial charge is 0.244 e. The first-order valence-corrected chi connectivity index (χ1v) is 6.53. The molecule has 0 saturated carbocycles. The van der Waals surface area contributed by atoms with Gasteiger partial charge in [0, 0.05) is 19.2 Å². The molecule has 2 heterocycles. The van der Waals surface area contributed by atoms with Crippen LogP contribution in [0.3, 0.4) is 0 Å². The molecule has 5 nitrogen and oxygen atoms in total. The third-order valence-electron chi connectivity index (χ3n) is 3.58. The largest absolute Gasteiger partial charge is 0.380 e. The molecule has 1 aromatic heterocycles. The normalized spacial score (nSPS) is 22.4. The molecule has 0 bridgehead atoms. The van der Waals surface area contributed by atoms with Crippen molar-refractivity contribution in [3.63, 3.8) is 0 Å². The van der Waals surface area contributed by atoms with Crippen LogP contribution >= 0.6 is 0 Å². The van der Waals surface area contributed by atoms with Crippen LogP contribution in [0, 0.1) is 12.7 Å². The van der Waals surface area contributed by atoms with Gasteiger partial charge in [0.15, 0.2) is 0 Å². The van der Waals surface area contributed by atoms with Crippen LogP contribution in [0.15, 0.2) is 22.7 Å².